The molecule has 0 aliphatic heterocycles. The van der Waals surface area contributed by atoms with E-state index in [0.29, 0.717) is 36.4 Å². The maximum absolute atomic E-state index is 12.0. The van der Waals surface area contributed by atoms with E-state index in [2.05, 4.69) is 5.48 Å². The summed E-state index contributed by atoms with van der Waals surface area (Å²) in [6, 6.07) is 13.2. The van der Waals surface area contributed by atoms with Crippen LogP contribution in [0.5, 0.6) is 0 Å². The lowest BCUT2D eigenvalue weighted by Gasteiger charge is -2.04. The summed E-state index contributed by atoms with van der Waals surface area (Å²) in [6.07, 6.45) is 0. The van der Waals surface area contributed by atoms with Crippen LogP contribution in [0.3, 0.4) is 0 Å². The van der Waals surface area contributed by atoms with Gasteiger partial charge in [0, 0.05) is 0 Å². The summed E-state index contributed by atoms with van der Waals surface area (Å²) in [6.45, 7) is 0.849. The monoisotopic (exact) mass is 299 g/mol. The molecule has 1 aromatic heterocycles. The van der Waals surface area contributed by atoms with Crippen LogP contribution in [0.2, 0.25) is 0 Å². The average Bonchev–Trinajstić information content (AvgIpc) is 2.90. The van der Waals surface area contributed by atoms with Gasteiger partial charge in [0.15, 0.2) is 0 Å². The number of hydrogen-bond acceptors (Lipinski definition) is 4. The first-order valence-corrected chi connectivity index (χ1v) is 7.15. The Morgan fingerprint density at radius 1 is 1.10 bits per heavy atom. The van der Waals surface area contributed by atoms with Gasteiger partial charge in [-0.3, -0.25) is 4.84 Å². The zero-order valence-electron chi connectivity index (χ0n) is 10.7. The lowest BCUT2D eigenvalue weighted by Crippen LogP contribution is -2.13. The molecule has 0 amide bonds. The summed E-state index contributed by atoms with van der Waals surface area (Å²) in [7, 11) is 0. The zero-order chi connectivity index (χ0) is 14.2. The van der Waals surface area contributed by atoms with Gasteiger partial charge in [0.1, 0.15) is 11.5 Å². The molecule has 0 saturated carbocycles. The van der Waals surface area contributed by atoms with Crippen LogP contribution in [0.15, 0.2) is 46.9 Å². The number of thioether (sulfide) groups is 1. The van der Waals surface area contributed by atoms with Crippen molar-refractivity contribution in [2.75, 3.05) is 0 Å². The first-order chi connectivity index (χ1) is 9.74. The molecule has 1 aromatic carbocycles. The van der Waals surface area contributed by atoms with E-state index < -0.39 is 5.76 Å². The molecular formula is C14H15F2NO2S. The second-order valence-corrected chi connectivity index (χ2v) is 5.01. The predicted molar refractivity (Wildman–Crippen MR) is 74.1 cm³/mol. The standard InChI is InChI=1S/C14H15F2NO2S/c15-14(16)20-10-13-7-6-12(19-13)8-17-18-9-11-4-2-1-3-5-11/h1-7,14,17H,8-10H2. The highest BCUT2D eigenvalue weighted by Crippen LogP contribution is 2.21. The molecule has 2 rings (SSSR count). The van der Waals surface area contributed by atoms with Crippen LogP contribution >= 0.6 is 11.8 Å². The van der Waals surface area contributed by atoms with E-state index in [9.17, 15) is 8.78 Å². The molecule has 1 heterocycles. The second-order valence-electron chi connectivity index (χ2n) is 4.04. The van der Waals surface area contributed by atoms with Crippen molar-refractivity contribution in [2.45, 2.75) is 24.7 Å². The van der Waals surface area contributed by atoms with Crippen LogP contribution in [-0.4, -0.2) is 5.76 Å². The van der Waals surface area contributed by atoms with Gasteiger partial charge in [0.05, 0.1) is 18.9 Å². The molecule has 0 bridgehead atoms. The Morgan fingerprint density at radius 3 is 2.60 bits per heavy atom. The number of furan rings is 1. The van der Waals surface area contributed by atoms with Gasteiger partial charge in [-0.05, 0) is 17.7 Å². The van der Waals surface area contributed by atoms with E-state index in [-0.39, 0.29) is 5.75 Å². The van der Waals surface area contributed by atoms with Gasteiger partial charge in [0.25, 0.3) is 5.76 Å². The van der Waals surface area contributed by atoms with Crippen LogP contribution in [0.1, 0.15) is 17.1 Å². The normalized spacial score (nSPS) is 11.2. The van der Waals surface area contributed by atoms with Crippen molar-refractivity contribution in [1.29, 1.82) is 0 Å². The summed E-state index contributed by atoms with van der Waals surface area (Å²) in [5, 5.41) is 0. The predicted octanol–water partition coefficient (Wildman–Crippen LogP) is 3.96. The fourth-order valence-corrected chi connectivity index (χ4v) is 2.02. The topological polar surface area (TPSA) is 34.4 Å². The first-order valence-electron chi connectivity index (χ1n) is 6.10. The Bertz CT molecular complexity index is 505. The molecule has 0 saturated heterocycles. The van der Waals surface area contributed by atoms with E-state index >= 15 is 0 Å². The van der Waals surface area contributed by atoms with Gasteiger partial charge in [-0.25, -0.2) is 0 Å². The largest absolute Gasteiger partial charge is 0.464 e. The smallest absolute Gasteiger partial charge is 0.284 e. The summed E-state index contributed by atoms with van der Waals surface area (Å²) in [4.78, 5) is 5.30. The van der Waals surface area contributed by atoms with Gasteiger partial charge < -0.3 is 4.42 Å². The highest BCUT2D eigenvalue weighted by Gasteiger charge is 2.07. The maximum atomic E-state index is 12.0. The third-order valence-corrected chi connectivity index (χ3v) is 3.20. The molecule has 0 radical (unpaired) electrons. The number of halogens is 2. The summed E-state index contributed by atoms with van der Waals surface area (Å²) >= 11 is 0.545. The van der Waals surface area contributed by atoms with Gasteiger partial charge in [0.2, 0.25) is 0 Å². The van der Waals surface area contributed by atoms with E-state index in [1.165, 1.54) is 0 Å². The minimum absolute atomic E-state index is 0.169. The maximum Gasteiger partial charge on any atom is 0.284 e. The molecule has 0 spiro atoms. The summed E-state index contributed by atoms with van der Waals surface area (Å²) in [5.74, 6) is -1.02. The summed E-state index contributed by atoms with van der Waals surface area (Å²) < 4.78 is 29.4. The Morgan fingerprint density at radius 2 is 1.85 bits per heavy atom. The average molecular weight is 299 g/mol. The van der Waals surface area contributed by atoms with E-state index in [4.69, 9.17) is 9.25 Å². The van der Waals surface area contributed by atoms with Gasteiger partial charge in [-0.1, -0.05) is 42.1 Å². The Balaban J connectivity index is 1.67. The Kier molecular flexibility index (Phi) is 6.04. The SMILES string of the molecule is FC(F)SCc1ccc(CNOCc2ccccc2)o1. The van der Waals surface area contributed by atoms with Crippen molar-refractivity contribution in [3.8, 4) is 0 Å². The number of hydroxylamine groups is 1. The van der Waals surface area contributed by atoms with Crippen molar-refractivity contribution >= 4 is 11.8 Å². The number of alkyl halides is 2. The van der Waals surface area contributed by atoms with Crippen LogP contribution in [0, 0.1) is 0 Å². The van der Waals surface area contributed by atoms with Crippen LogP contribution in [0.25, 0.3) is 0 Å². The molecule has 0 aliphatic rings. The highest BCUT2D eigenvalue weighted by molar-refractivity contribution is 7.98. The van der Waals surface area contributed by atoms with E-state index in [1.807, 2.05) is 30.3 Å². The molecular weight excluding hydrogens is 284 g/mol. The molecule has 0 fully saturated rings. The minimum atomic E-state index is -2.38. The van der Waals surface area contributed by atoms with Crippen molar-refractivity contribution < 1.29 is 18.0 Å². The van der Waals surface area contributed by atoms with Crippen molar-refractivity contribution in [3.63, 3.8) is 0 Å². The molecule has 108 valence electrons. The number of rotatable bonds is 8. The van der Waals surface area contributed by atoms with Gasteiger partial charge in [-0.15, -0.1) is 0 Å². The fourth-order valence-electron chi connectivity index (χ4n) is 1.57. The van der Waals surface area contributed by atoms with Crippen molar-refractivity contribution in [2.24, 2.45) is 0 Å². The van der Waals surface area contributed by atoms with Crippen LogP contribution in [-0.2, 0) is 23.7 Å². The highest BCUT2D eigenvalue weighted by atomic mass is 32.2. The summed E-state index contributed by atoms with van der Waals surface area (Å²) in [5.41, 5.74) is 3.84. The molecule has 20 heavy (non-hydrogen) atoms. The zero-order valence-corrected chi connectivity index (χ0v) is 11.5. The third-order valence-electron chi connectivity index (χ3n) is 2.50. The van der Waals surface area contributed by atoms with Gasteiger partial charge >= 0.3 is 0 Å². The molecule has 2 aromatic rings. The molecule has 1 N–H and O–H groups in total. The lowest BCUT2D eigenvalue weighted by molar-refractivity contribution is 0.0200. The number of nitrogens with one attached hydrogen (secondary N) is 1. The molecule has 0 aliphatic carbocycles. The molecule has 3 nitrogen and oxygen atoms in total. The van der Waals surface area contributed by atoms with Crippen LogP contribution in [0.4, 0.5) is 8.78 Å². The van der Waals surface area contributed by atoms with E-state index in [1.54, 1.807) is 12.1 Å². The molecule has 6 heteroatoms. The second kappa shape index (κ2) is 8.04. The minimum Gasteiger partial charge on any atom is -0.464 e. The Hall–Kier alpha value is -1.37. The Labute approximate surface area is 120 Å². The first kappa shape index (κ1) is 15.0. The van der Waals surface area contributed by atoms with Crippen molar-refractivity contribution in [3.05, 3.63) is 59.5 Å². The van der Waals surface area contributed by atoms with Crippen LogP contribution < -0.4 is 5.48 Å². The molecule has 0 atom stereocenters. The third kappa shape index (κ3) is 5.32. The quantitative estimate of drug-likeness (QED) is 0.591. The number of benzene rings is 1. The van der Waals surface area contributed by atoms with E-state index in [0.717, 1.165) is 5.56 Å². The molecule has 0 unspecified atom stereocenters. The van der Waals surface area contributed by atoms with Crippen molar-refractivity contribution in [1.82, 2.24) is 5.48 Å². The lowest BCUT2D eigenvalue weighted by atomic mass is 10.2. The van der Waals surface area contributed by atoms with Gasteiger partial charge in [-0.2, -0.15) is 14.3 Å². The fraction of sp³-hybridized carbons (Fsp3) is 0.286. The number of hydrogen-bond donors (Lipinski definition) is 1.